The Labute approximate surface area is 157 Å². The van der Waals surface area contributed by atoms with Gasteiger partial charge in [0, 0.05) is 32.7 Å². The molecule has 0 bridgehead atoms. The molecule has 3 rings (SSSR count). The molecular weight excluding hydrogens is 326 g/mol. The van der Waals surface area contributed by atoms with E-state index < -0.39 is 0 Å². The van der Waals surface area contributed by atoms with Crippen molar-refractivity contribution in [1.82, 2.24) is 10.2 Å². The first-order chi connectivity index (χ1) is 12.7. The molecule has 0 aromatic heterocycles. The Kier molecular flexibility index (Phi) is 6.78. The first-order valence-electron chi connectivity index (χ1n) is 10.1. The van der Waals surface area contributed by atoms with Crippen molar-refractivity contribution < 1.29 is 9.53 Å². The molecule has 2 fully saturated rings. The number of piperazine rings is 1. The number of hydrogen-bond acceptors (Lipinski definition) is 4. The third kappa shape index (κ3) is 4.70. The van der Waals surface area contributed by atoms with Crippen LogP contribution in [0, 0.1) is 5.92 Å². The van der Waals surface area contributed by atoms with Gasteiger partial charge in [0.25, 0.3) is 0 Å². The normalized spacial score (nSPS) is 20.6. The number of nitrogens with zero attached hydrogens (tertiary/aromatic N) is 2. The molecule has 5 heteroatoms. The minimum absolute atomic E-state index is 0.0570. The second kappa shape index (κ2) is 9.26. The lowest BCUT2D eigenvalue weighted by molar-refractivity contribution is -0.126. The van der Waals surface area contributed by atoms with Gasteiger partial charge in [-0.1, -0.05) is 31.4 Å². The van der Waals surface area contributed by atoms with Gasteiger partial charge >= 0.3 is 0 Å². The number of rotatable bonds is 6. The molecule has 26 heavy (non-hydrogen) atoms. The van der Waals surface area contributed by atoms with Gasteiger partial charge in [0.05, 0.1) is 18.8 Å². The number of nitrogens with one attached hydrogen (secondary N) is 1. The summed E-state index contributed by atoms with van der Waals surface area (Å²) in [5.41, 5.74) is 1.14. The van der Waals surface area contributed by atoms with Crippen molar-refractivity contribution in [2.75, 3.05) is 44.7 Å². The van der Waals surface area contributed by atoms with Crippen LogP contribution in [0.25, 0.3) is 0 Å². The molecular formula is C21H33N3O2. The van der Waals surface area contributed by atoms with E-state index in [1.165, 1.54) is 32.1 Å². The van der Waals surface area contributed by atoms with Crippen LogP contribution in [0.5, 0.6) is 5.75 Å². The molecule has 1 aliphatic heterocycles. The molecule has 1 amide bonds. The van der Waals surface area contributed by atoms with Gasteiger partial charge in [-0.3, -0.25) is 9.69 Å². The molecule has 5 nitrogen and oxygen atoms in total. The zero-order valence-corrected chi connectivity index (χ0v) is 16.2. The van der Waals surface area contributed by atoms with E-state index in [2.05, 4.69) is 21.2 Å². The second-order valence-electron chi connectivity index (χ2n) is 7.62. The molecule has 1 saturated carbocycles. The fourth-order valence-corrected chi connectivity index (χ4v) is 4.19. The van der Waals surface area contributed by atoms with Crippen molar-refractivity contribution in [1.29, 1.82) is 0 Å². The summed E-state index contributed by atoms with van der Waals surface area (Å²) < 4.78 is 5.48. The van der Waals surface area contributed by atoms with Crippen LogP contribution in [0.4, 0.5) is 5.69 Å². The van der Waals surface area contributed by atoms with Gasteiger partial charge < -0.3 is 15.0 Å². The lowest BCUT2D eigenvalue weighted by Crippen LogP contribution is -2.54. The molecule has 1 saturated heterocycles. The fraction of sp³-hybridized carbons (Fsp3) is 0.667. The molecule has 144 valence electrons. The van der Waals surface area contributed by atoms with Gasteiger partial charge in [-0.05, 0) is 37.8 Å². The van der Waals surface area contributed by atoms with Crippen LogP contribution in [0.2, 0.25) is 0 Å². The third-order valence-corrected chi connectivity index (χ3v) is 5.96. The largest absolute Gasteiger partial charge is 0.495 e. The van der Waals surface area contributed by atoms with Gasteiger partial charge in [-0.2, -0.15) is 0 Å². The average molecular weight is 360 g/mol. The molecule has 1 aromatic carbocycles. The minimum atomic E-state index is -0.0570. The highest BCUT2D eigenvalue weighted by molar-refractivity contribution is 5.81. The Morgan fingerprint density at radius 1 is 1.15 bits per heavy atom. The van der Waals surface area contributed by atoms with Gasteiger partial charge in [-0.15, -0.1) is 0 Å². The van der Waals surface area contributed by atoms with Gasteiger partial charge in [0.1, 0.15) is 5.75 Å². The summed E-state index contributed by atoms with van der Waals surface area (Å²) in [4.78, 5) is 17.2. The van der Waals surface area contributed by atoms with E-state index in [1.807, 2.05) is 25.1 Å². The van der Waals surface area contributed by atoms with Gasteiger partial charge in [0.2, 0.25) is 5.91 Å². The van der Waals surface area contributed by atoms with Crippen LogP contribution in [0.1, 0.15) is 39.0 Å². The molecule has 1 atom stereocenters. The number of carbonyl (C=O) groups excluding carboxylic acids is 1. The molecule has 1 heterocycles. The molecule has 0 spiro atoms. The van der Waals surface area contributed by atoms with Crippen LogP contribution in [0.3, 0.4) is 0 Å². The monoisotopic (exact) mass is 359 g/mol. The van der Waals surface area contributed by atoms with Crippen LogP contribution in [-0.2, 0) is 4.79 Å². The van der Waals surface area contributed by atoms with E-state index in [1.54, 1.807) is 7.11 Å². The molecule has 1 aliphatic carbocycles. The molecule has 1 aromatic rings. The zero-order chi connectivity index (χ0) is 18.4. The number of methoxy groups -OCH3 is 1. The topological polar surface area (TPSA) is 44.8 Å². The number of ether oxygens (including phenoxy) is 1. The minimum Gasteiger partial charge on any atom is -0.495 e. The number of benzene rings is 1. The predicted molar refractivity (Wildman–Crippen MR) is 106 cm³/mol. The van der Waals surface area contributed by atoms with E-state index in [9.17, 15) is 4.79 Å². The molecule has 0 unspecified atom stereocenters. The lowest BCUT2D eigenvalue weighted by Gasteiger charge is -2.39. The van der Waals surface area contributed by atoms with E-state index in [0.29, 0.717) is 5.92 Å². The smallest absolute Gasteiger partial charge is 0.237 e. The van der Waals surface area contributed by atoms with Crippen molar-refractivity contribution in [3.8, 4) is 5.75 Å². The predicted octanol–water partition coefficient (Wildman–Crippen LogP) is 2.90. The van der Waals surface area contributed by atoms with Crippen LogP contribution < -0.4 is 15.0 Å². The van der Waals surface area contributed by atoms with Crippen LogP contribution >= 0.6 is 0 Å². The highest BCUT2D eigenvalue weighted by Gasteiger charge is 2.27. The Morgan fingerprint density at radius 3 is 2.54 bits per heavy atom. The maximum atomic E-state index is 12.6. The van der Waals surface area contributed by atoms with E-state index >= 15 is 0 Å². The van der Waals surface area contributed by atoms with Crippen LogP contribution in [0.15, 0.2) is 24.3 Å². The fourth-order valence-electron chi connectivity index (χ4n) is 4.19. The zero-order valence-electron chi connectivity index (χ0n) is 16.2. The van der Waals surface area contributed by atoms with Gasteiger partial charge in [0.15, 0.2) is 0 Å². The van der Waals surface area contributed by atoms with Crippen molar-refractivity contribution in [3.05, 3.63) is 24.3 Å². The Bertz CT molecular complexity index is 578. The summed E-state index contributed by atoms with van der Waals surface area (Å²) in [5.74, 6) is 1.78. The summed E-state index contributed by atoms with van der Waals surface area (Å²) in [5, 5.41) is 3.20. The third-order valence-electron chi connectivity index (χ3n) is 5.96. The maximum Gasteiger partial charge on any atom is 0.237 e. The molecule has 0 radical (unpaired) electrons. The molecule has 1 N–H and O–H groups in total. The Morgan fingerprint density at radius 2 is 1.85 bits per heavy atom. The number of anilines is 1. The number of para-hydroxylation sites is 2. The SMILES string of the molecule is COc1ccccc1N1CCN([C@@H](C)C(=O)NCC2CCCCC2)CC1. The average Bonchev–Trinajstić information content (AvgIpc) is 2.72. The Hall–Kier alpha value is -1.75. The van der Waals surface area contributed by atoms with Gasteiger partial charge in [-0.25, -0.2) is 0 Å². The van der Waals surface area contributed by atoms with Crippen molar-refractivity contribution in [2.45, 2.75) is 45.1 Å². The summed E-state index contributed by atoms with van der Waals surface area (Å²) in [6.07, 6.45) is 6.54. The summed E-state index contributed by atoms with van der Waals surface area (Å²) >= 11 is 0. The first-order valence-corrected chi connectivity index (χ1v) is 10.1. The van der Waals surface area contributed by atoms with Crippen LogP contribution in [-0.4, -0.2) is 56.7 Å². The Balaban J connectivity index is 1.46. The van der Waals surface area contributed by atoms with E-state index in [0.717, 1.165) is 44.2 Å². The van der Waals surface area contributed by atoms with Crippen molar-refractivity contribution in [2.24, 2.45) is 5.92 Å². The quantitative estimate of drug-likeness (QED) is 0.848. The number of carbonyl (C=O) groups is 1. The second-order valence-corrected chi connectivity index (χ2v) is 7.62. The lowest BCUT2D eigenvalue weighted by atomic mass is 9.89. The van der Waals surface area contributed by atoms with E-state index in [4.69, 9.17) is 4.74 Å². The summed E-state index contributed by atoms with van der Waals surface area (Å²) in [7, 11) is 1.72. The standard InChI is InChI=1S/C21H33N3O2/c1-17(21(25)22-16-18-8-4-3-5-9-18)23-12-14-24(15-13-23)19-10-6-7-11-20(19)26-2/h6-7,10-11,17-18H,3-5,8-9,12-16H2,1-2H3,(H,22,25)/t17-/m0/s1. The van der Waals surface area contributed by atoms with Crippen molar-refractivity contribution in [3.63, 3.8) is 0 Å². The highest BCUT2D eigenvalue weighted by Crippen LogP contribution is 2.28. The first kappa shape index (κ1) is 19.0. The van der Waals surface area contributed by atoms with Crippen molar-refractivity contribution >= 4 is 11.6 Å². The number of hydrogen-bond donors (Lipinski definition) is 1. The highest BCUT2D eigenvalue weighted by atomic mass is 16.5. The molecule has 2 aliphatic rings. The number of amides is 1. The summed E-state index contributed by atoms with van der Waals surface area (Å²) in [6.45, 7) is 6.52. The van der Waals surface area contributed by atoms with E-state index in [-0.39, 0.29) is 11.9 Å². The summed E-state index contributed by atoms with van der Waals surface area (Å²) in [6, 6.07) is 8.10. The maximum absolute atomic E-state index is 12.6.